The van der Waals surface area contributed by atoms with Crippen molar-refractivity contribution in [1.29, 1.82) is 0 Å². The average Bonchev–Trinajstić information content (AvgIpc) is 2.56. The molecule has 0 aliphatic carbocycles. The predicted octanol–water partition coefficient (Wildman–Crippen LogP) is 5.82. The maximum absolute atomic E-state index is 9.29. The first-order chi connectivity index (χ1) is 10.7. The number of aryl methyl sites for hydroxylation is 1. The zero-order valence-electron chi connectivity index (χ0n) is 14.0. The van der Waals surface area contributed by atoms with Gasteiger partial charge in [-0.15, -0.1) is 6.42 Å². The second-order valence-corrected chi connectivity index (χ2v) is 4.38. The normalized spacial score (nSPS) is 9.05. The largest absolute Gasteiger partial charge is 0.507 e. The number of hydrogen-bond donors (Lipinski definition) is 1. The van der Waals surface area contributed by atoms with Crippen molar-refractivity contribution >= 4 is 6.08 Å². The number of para-hydroxylation sites is 1. The van der Waals surface area contributed by atoms with Gasteiger partial charge in [0.25, 0.3) is 0 Å². The van der Waals surface area contributed by atoms with E-state index in [0.29, 0.717) is 5.75 Å². The van der Waals surface area contributed by atoms with E-state index in [1.165, 1.54) is 5.56 Å². The van der Waals surface area contributed by atoms with Gasteiger partial charge in [-0.05, 0) is 37.1 Å². The van der Waals surface area contributed by atoms with Crippen molar-refractivity contribution in [2.75, 3.05) is 0 Å². The van der Waals surface area contributed by atoms with E-state index in [1.807, 2.05) is 75.4 Å². The van der Waals surface area contributed by atoms with E-state index in [2.05, 4.69) is 12.8 Å². The van der Waals surface area contributed by atoms with Gasteiger partial charge in [-0.2, -0.15) is 0 Å². The van der Waals surface area contributed by atoms with Gasteiger partial charge in [0.2, 0.25) is 0 Å². The van der Waals surface area contributed by atoms with Crippen LogP contribution in [0.15, 0.2) is 54.6 Å². The number of hydrogen-bond acceptors (Lipinski definition) is 1. The van der Waals surface area contributed by atoms with Gasteiger partial charge in [0.1, 0.15) is 5.75 Å². The van der Waals surface area contributed by atoms with Crippen molar-refractivity contribution in [3.05, 3.63) is 71.3 Å². The zero-order valence-corrected chi connectivity index (χ0v) is 14.0. The van der Waals surface area contributed by atoms with Crippen LogP contribution in [0.25, 0.3) is 6.08 Å². The van der Waals surface area contributed by atoms with Gasteiger partial charge < -0.3 is 5.11 Å². The maximum Gasteiger partial charge on any atom is 0.122 e. The van der Waals surface area contributed by atoms with E-state index in [0.717, 1.165) is 17.5 Å². The smallest absolute Gasteiger partial charge is 0.122 e. The lowest BCUT2D eigenvalue weighted by molar-refractivity contribution is 0.474. The fourth-order valence-electron chi connectivity index (χ4n) is 1.61. The number of phenols is 1. The molecular weight excluding hydrogens is 268 g/mol. The molecular formula is C21H26O. The second kappa shape index (κ2) is 12.3. The van der Waals surface area contributed by atoms with Crippen LogP contribution in [0.2, 0.25) is 0 Å². The summed E-state index contributed by atoms with van der Waals surface area (Å²) in [7, 11) is 0. The second-order valence-electron chi connectivity index (χ2n) is 4.38. The van der Waals surface area contributed by atoms with Gasteiger partial charge in [-0.1, -0.05) is 69.2 Å². The van der Waals surface area contributed by atoms with Crippen molar-refractivity contribution in [2.45, 2.75) is 34.1 Å². The SMILES string of the molecule is C#Cc1cccc(C)c1.CC.CC/C=C\c1ccccc1O. The van der Waals surface area contributed by atoms with Gasteiger partial charge in [-0.25, -0.2) is 0 Å². The van der Waals surface area contributed by atoms with Gasteiger partial charge in [0, 0.05) is 11.1 Å². The fraction of sp³-hybridized carbons (Fsp3) is 0.238. The predicted molar refractivity (Wildman–Crippen MR) is 97.9 cm³/mol. The molecule has 22 heavy (non-hydrogen) atoms. The van der Waals surface area contributed by atoms with Gasteiger partial charge in [0.15, 0.2) is 0 Å². The van der Waals surface area contributed by atoms with Crippen molar-refractivity contribution < 1.29 is 5.11 Å². The van der Waals surface area contributed by atoms with E-state index < -0.39 is 0 Å². The third-order valence-electron chi connectivity index (χ3n) is 2.65. The minimum absolute atomic E-state index is 0.345. The number of phenolic OH excluding ortho intramolecular Hbond substituents is 1. The van der Waals surface area contributed by atoms with Crippen LogP contribution in [0.3, 0.4) is 0 Å². The highest BCUT2D eigenvalue weighted by Gasteiger charge is 1.91. The Hall–Kier alpha value is -2.46. The molecule has 1 nitrogen and oxygen atoms in total. The number of rotatable bonds is 2. The lowest BCUT2D eigenvalue weighted by atomic mass is 10.1. The lowest BCUT2D eigenvalue weighted by Gasteiger charge is -1.95. The fourth-order valence-corrected chi connectivity index (χ4v) is 1.61. The van der Waals surface area contributed by atoms with Crippen LogP contribution in [0.5, 0.6) is 5.75 Å². The summed E-state index contributed by atoms with van der Waals surface area (Å²) >= 11 is 0. The molecule has 0 bridgehead atoms. The van der Waals surface area contributed by atoms with Crippen LogP contribution in [-0.2, 0) is 0 Å². The minimum Gasteiger partial charge on any atom is -0.507 e. The van der Waals surface area contributed by atoms with E-state index in [-0.39, 0.29) is 0 Å². The molecule has 0 unspecified atom stereocenters. The highest BCUT2D eigenvalue weighted by Crippen LogP contribution is 2.16. The summed E-state index contributed by atoms with van der Waals surface area (Å²) in [4.78, 5) is 0. The number of terminal acetylenes is 1. The van der Waals surface area contributed by atoms with Crippen LogP contribution in [0.1, 0.15) is 43.9 Å². The molecule has 0 aliphatic rings. The first-order valence-corrected chi connectivity index (χ1v) is 7.65. The quantitative estimate of drug-likeness (QED) is 0.692. The summed E-state index contributed by atoms with van der Waals surface area (Å²) in [6.45, 7) is 8.09. The summed E-state index contributed by atoms with van der Waals surface area (Å²) in [5, 5.41) is 9.29. The summed E-state index contributed by atoms with van der Waals surface area (Å²) in [6.07, 6.45) is 10.1. The third-order valence-corrected chi connectivity index (χ3v) is 2.65. The molecule has 1 heteroatoms. The van der Waals surface area contributed by atoms with Crippen LogP contribution in [0.4, 0.5) is 0 Å². The Labute approximate surface area is 135 Å². The number of aromatic hydroxyl groups is 1. The van der Waals surface area contributed by atoms with E-state index in [4.69, 9.17) is 6.42 Å². The minimum atomic E-state index is 0.345. The standard InChI is InChI=1S/C10H12O.C9H8.C2H6/c1-2-3-6-9-7-4-5-8-10(9)11;1-3-9-6-4-5-8(2)7-9;1-2/h3-8,11H,2H2,1H3;1,4-7H,2H3;1-2H3/b6-3-;;. The van der Waals surface area contributed by atoms with E-state index in [9.17, 15) is 5.11 Å². The molecule has 0 radical (unpaired) electrons. The van der Waals surface area contributed by atoms with Crippen molar-refractivity contribution in [1.82, 2.24) is 0 Å². The Kier molecular flexibility index (Phi) is 10.9. The third kappa shape index (κ3) is 7.97. The Morgan fingerprint density at radius 1 is 1.09 bits per heavy atom. The zero-order chi connectivity index (χ0) is 16.8. The molecule has 0 amide bonds. The topological polar surface area (TPSA) is 20.2 Å². The van der Waals surface area contributed by atoms with E-state index >= 15 is 0 Å². The Morgan fingerprint density at radius 2 is 1.77 bits per heavy atom. The molecule has 0 fully saturated rings. The first-order valence-electron chi connectivity index (χ1n) is 7.65. The molecule has 0 atom stereocenters. The maximum atomic E-state index is 9.29. The molecule has 0 saturated carbocycles. The van der Waals surface area contributed by atoms with Crippen LogP contribution in [-0.4, -0.2) is 5.11 Å². The average molecular weight is 294 g/mol. The summed E-state index contributed by atoms with van der Waals surface area (Å²) in [5.41, 5.74) is 3.05. The van der Waals surface area contributed by atoms with Gasteiger partial charge in [-0.3, -0.25) is 0 Å². The van der Waals surface area contributed by atoms with E-state index in [1.54, 1.807) is 6.07 Å². The Balaban J connectivity index is 0.000000366. The molecule has 0 aromatic heterocycles. The van der Waals surface area contributed by atoms with Crippen molar-refractivity contribution in [3.8, 4) is 18.1 Å². The summed E-state index contributed by atoms with van der Waals surface area (Å²) in [6, 6.07) is 15.2. The molecule has 0 spiro atoms. The molecule has 2 aromatic rings. The van der Waals surface area contributed by atoms with Gasteiger partial charge in [0.05, 0.1) is 0 Å². The summed E-state index contributed by atoms with van der Waals surface area (Å²) in [5.74, 6) is 2.91. The van der Waals surface area contributed by atoms with Crippen LogP contribution in [0, 0.1) is 19.3 Å². The number of allylic oxidation sites excluding steroid dienone is 1. The van der Waals surface area contributed by atoms with Crippen molar-refractivity contribution in [3.63, 3.8) is 0 Å². The number of benzene rings is 2. The Bertz CT molecular complexity index is 603. The first kappa shape index (κ1) is 19.5. The molecule has 116 valence electrons. The Morgan fingerprint density at radius 3 is 2.27 bits per heavy atom. The van der Waals surface area contributed by atoms with Crippen LogP contribution >= 0.6 is 0 Å². The van der Waals surface area contributed by atoms with Crippen molar-refractivity contribution in [2.24, 2.45) is 0 Å². The molecule has 0 heterocycles. The molecule has 2 aromatic carbocycles. The lowest BCUT2D eigenvalue weighted by Crippen LogP contribution is -1.73. The highest BCUT2D eigenvalue weighted by molar-refractivity contribution is 5.56. The highest BCUT2D eigenvalue weighted by atomic mass is 16.3. The molecule has 0 saturated heterocycles. The monoisotopic (exact) mass is 294 g/mol. The van der Waals surface area contributed by atoms with Gasteiger partial charge >= 0.3 is 0 Å². The van der Waals surface area contributed by atoms with Crippen LogP contribution < -0.4 is 0 Å². The molecule has 2 rings (SSSR count). The molecule has 1 N–H and O–H groups in total. The summed E-state index contributed by atoms with van der Waals surface area (Å²) < 4.78 is 0. The molecule has 0 aliphatic heterocycles.